The molecule has 2 rings (SSSR count). The molecule has 0 atom stereocenters. The molecule has 0 fully saturated rings. The van der Waals surface area contributed by atoms with Gasteiger partial charge in [-0.2, -0.15) is 5.10 Å². The van der Waals surface area contributed by atoms with Crippen molar-refractivity contribution < 1.29 is 0 Å². The second-order valence-electron chi connectivity index (χ2n) is 5.69. The fourth-order valence-corrected chi connectivity index (χ4v) is 3.73. The maximum absolute atomic E-state index is 5.78. The second kappa shape index (κ2) is 7.66. The Labute approximate surface area is 131 Å². The molecule has 0 spiro atoms. The molecule has 0 aliphatic carbocycles. The molecule has 1 heterocycles. The Morgan fingerprint density at radius 3 is 2.57 bits per heavy atom. The highest BCUT2D eigenvalue weighted by molar-refractivity contribution is 7.99. The molecular formula is C17H25N3S. The van der Waals surface area contributed by atoms with Crippen LogP contribution >= 0.6 is 11.8 Å². The number of para-hydroxylation sites is 1. The van der Waals surface area contributed by atoms with Gasteiger partial charge in [0.05, 0.1) is 11.4 Å². The van der Waals surface area contributed by atoms with E-state index in [-0.39, 0.29) is 0 Å². The standard InChI is InChI=1S/C17H25N3S/c1-13(2)10-12-21-17-16(9-11-18)14(3)19-20(17)15-7-5-4-6-8-15/h4-8,13H,9-12,18H2,1-3H3. The third kappa shape index (κ3) is 4.11. The Kier molecular flexibility index (Phi) is 5.88. The Balaban J connectivity index is 2.33. The van der Waals surface area contributed by atoms with E-state index in [0.717, 1.165) is 29.5 Å². The summed E-state index contributed by atoms with van der Waals surface area (Å²) in [6.07, 6.45) is 2.11. The van der Waals surface area contributed by atoms with Gasteiger partial charge < -0.3 is 5.73 Å². The molecule has 1 aromatic heterocycles. The first kappa shape index (κ1) is 16.1. The van der Waals surface area contributed by atoms with Crippen LogP contribution in [0, 0.1) is 12.8 Å². The van der Waals surface area contributed by atoms with Gasteiger partial charge >= 0.3 is 0 Å². The van der Waals surface area contributed by atoms with Crippen molar-refractivity contribution in [2.45, 2.75) is 38.6 Å². The average Bonchev–Trinajstić information content (AvgIpc) is 2.77. The first-order valence-electron chi connectivity index (χ1n) is 7.60. The summed E-state index contributed by atoms with van der Waals surface area (Å²) in [4.78, 5) is 0. The molecule has 2 N–H and O–H groups in total. The highest BCUT2D eigenvalue weighted by Gasteiger charge is 2.16. The van der Waals surface area contributed by atoms with E-state index in [9.17, 15) is 0 Å². The minimum atomic E-state index is 0.666. The van der Waals surface area contributed by atoms with Crippen LogP contribution in [0.25, 0.3) is 5.69 Å². The van der Waals surface area contributed by atoms with Gasteiger partial charge in [-0.25, -0.2) is 4.68 Å². The predicted molar refractivity (Wildman–Crippen MR) is 91.2 cm³/mol. The summed E-state index contributed by atoms with van der Waals surface area (Å²) < 4.78 is 2.07. The van der Waals surface area contributed by atoms with E-state index in [4.69, 9.17) is 10.8 Å². The molecule has 0 amide bonds. The van der Waals surface area contributed by atoms with E-state index in [1.165, 1.54) is 17.0 Å². The van der Waals surface area contributed by atoms with Crippen molar-refractivity contribution in [2.24, 2.45) is 11.7 Å². The van der Waals surface area contributed by atoms with Crippen molar-refractivity contribution in [3.8, 4) is 5.69 Å². The van der Waals surface area contributed by atoms with Crippen LogP contribution in [-0.2, 0) is 6.42 Å². The molecule has 0 saturated heterocycles. The van der Waals surface area contributed by atoms with Gasteiger partial charge in [0.15, 0.2) is 0 Å². The zero-order valence-electron chi connectivity index (χ0n) is 13.2. The molecule has 0 aliphatic rings. The molecule has 0 aliphatic heterocycles. The first-order chi connectivity index (χ1) is 10.1. The molecule has 4 heteroatoms. The highest BCUT2D eigenvalue weighted by Crippen LogP contribution is 2.29. The zero-order valence-corrected chi connectivity index (χ0v) is 14.0. The molecule has 2 aromatic rings. The lowest BCUT2D eigenvalue weighted by molar-refractivity contribution is 0.631. The number of rotatable bonds is 7. The highest BCUT2D eigenvalue weighted by atomic mass is 32.2. The monoisotopic (exact) mass is 303 g/mol. The fourth-order valence-electron chi connectivity index (χ4n) is 2.25. The van der Waals surface area contributed by atoms with Crippen LogP contribution in [0.5, 0.6) is 0 Å². The summed E-state index contributed by atoms with van der Waals surface area (Å²) in [5.74, 6) is 1.84. The number of aromatic nitrogens is 2. The smallest absolute Gasteiger partial charge is 0.103 e. The Bertz CT molecular complexity index is 561. The number of hydrogen-bond acceptors (Lipinski definition) is 3. The zero-order chi connectivity index (χ0) is 15.2. The van der Waals surface area contributed by atoms with Crippen LogP contribution < -0.4 is 5.73 Å². The molecular weight excluding hydrogens is 278 g/mol. The van der Waals surface area contributed by atoms with Crippen molar-refractivity contribution in [3.05, 3.63) is 41.6 Å². The molecule has 0 radical (unpaired) electrons. The van der Waals surface area contributed by atoms with Crippen LogP contribution in [-0.4, -0.2) is 22.1 Å². The van der Waals surface area contributed by atoms with Crippen LogP contribution in [0.3, 0.4) is 0 Å². The van der Waals surface area contributed by atoms with Crippen molar-refractivity contribution in [3.63, 3.8) is 0 Å². The van der Waals surface area contributed by atoms with Crippen molar-refractivity contribution in [1.82, 2.24) is 9.78 Å². The van der Waals surface area contributed by atoms with Crippen LogP contribution in [0.2, 0.25) is 0 Å². The normalized spacial score (nSPS) is 11.3. The summed E-state index contributed by atoms with van der Waals surface area (Å²) in [6.45, 7) is 7.28. The SMILES string of the molecule is Cc1nn(-c2ccccc2)c(SCCC(C)C)c1CCN. The third-order valence-electron chi connectivity index (χ3n) is 3.47. The Morgan fingerprint density at radius 1 is 1.24 bits per heavy atom. The van der Waals surface area contributed by atoms with Crippen LogP contribution in [0.4, 0.5) is 0 Å². The largest absolute Gasteiger partial charge is 0.330 e. The van der Waals surface area contributed by atoms with Crippen molar-refractivity contribution in [1.29, 1.82) is 0 Å². The minimum absolute atomic E-state index is 0.666. The molecule has 21 heavy (non-hydrogen) atoms. The van der Waals surface area contributed by atoms with Gasteiger partial charge in [0, 0.05) is 5.56 Å². The van der Waals surface area contributed by atoms with E-state index in [1.807, 2.05) is 17.8 Å². The van der Waals surface area contributed by atoms with E-state index < -0.39 is 0 Å². The summed E-state index contributed by atoms with van der Waals surface area (Å²) >= 11 is 1.90. The van der Waals surface area contributed by atoms with E-state index in [2.05, 4.69) is 49.7 Å². The minimum Gasteiger partial charge on any atom is -0.330 e. The number of benzene rings is 1. The third-order valence-corrected chi connectivity index (χ3v) is 4.60. The van der Waals surface area contributed by atoms with E-state index in [0.29, 0.717) is 6.54 Å². The Hall–Kier alpha value is -1.26. The molecule has 0 bridgehead atoms. The van der Waals surface area contributed by atoms with Crippen molar-refractivity contribution >= 4 is 11.8 Å². The van der Waals surface area contributed by atoms with Gasteiger partial charge in [-0.15, -0.1) is 11.8 Å². The number of nitrogens with zero attached hydrogens (tertiary/aromatic N) is 2. The number of nitrogens with two attached hydrogens (primary N) is 1. The van der Waals surface area contributed by atoms with Gasteiger partial charge in [0.1, 0.15) is 5.03 Å². The summed E-state index contributed by atoms with van der Waals surface area (Å²) in [5.41, 5.74) is 9.29. The lowest BCUT2D eigenvalue weighted by atomic mass is 10.2. The maximum atomic E-state index is 5.78. The summed E-state index contributed by atoms with van der Waals surface area (Å²) in [6, 6.07) is 10.3. The number of aryl methyl sites for hydroxylation is 1. The molecule has 3 nitrogen and oxygen atoms in total. The van der Waals surface area contributed by atoms with Gasteiger partial charge in [-0.1, -0.05) is 32.0 Å². The fraction of sp³-hybridized carbons (Fsp3) is 0.471. The Morgan fingerprint density at radius 2 is 1.95 bits per heavy atom. The molecule has 114 valence electrons. The molecule has 1 aromatic carbocycles. The van der Waals surface area contributed by atoms with Gasteiger partial charge in [-0.3, -0.25) is 0 Å². The van der Waals surface area contributed by atoms with Gasteiger partial charge in [0.25, 0.3) is 0 Å². The van der Waals surface area contributed by atoms with E-state index >= 15 is 0 Å². The first-order valence-corrected chi connectivity index (χ1v) is 8.58. The number of thioether (sulfide) groups is 1. The maximum Gasteiger partial charge on any atom is 0.103 e. The summed E-state index contributed by atoms with van der Waals surface area (Å²) in [5, 5.41) is 5.99. The van der Waals surface area contributed by atoms with Crippen molar-refractivity contribution in [2.75, 3.05) is 12.3 Å². The average molecular weight is 303 g/mol. The molecule has 0 saturated carbocycles. The molecule has 0 unspecified atom stereocenters. The predicted octanol–water partition coefficient (Wildman–Crippen LogP) is 3.82. The van der Waals surface area contributed by atoms with Gasteiger partial charge in [-0.05, 0) is 50.1 Å². The van der Waals surface area contributed by atoms with Crippen LogP contribution in [0.15, 0.2) is 35.4 Å². The van der Waals surface area contributed by atoms with E-state index in [1.54, 1.807) is 0 Å². The van der Waals surface area contributed by atoms with Crippen LogP contribution in [0.1, 0.15) is 31.5 Å². The number of hydrogen-bond donors (Lipinski definition) is 1. The lowest BCUT2D eigenvalue weighted by Gasteiger charge is -2.10. The quantitative estimate of drug-likeness (QED) is 0.791. The topological polar surface area (TPSA) is 43.8 Å². The second-order valence-corrected chi connectivity index (χ2v) is 6.77. The van der Waals surface area contributed by atoms with Gasteiger partial charge in [0.2, 0.25) is 0 Å². The lowest BCUT2D eigenvalue weighted by Crippen LogP contribution is -2.05. The summed E-state index contributed by atoms with van der Waals surface area (Å²) in [7, 11) is 0.